The smallest absolute Gasteiger partial charge is 0.412 e. The second-order valence-corrected chi connectivity index (χ2v) is 5.60. The molecule has 0 unspecified atom stereocenters. The summed E-state index contributed by atoms with van der Waals surface area (Å²) in [5.41, 5.74) is 1.01. The van der Waals surface area contributed by atoms with E-state index in [4.69, 9.17) is 21.1 Å². The molecule has 1 aliphatic rings. The molecule has 1 amide bonds. The molecule has 1 aromatic carbocycles. The molecule has 1 N–H and O–H groups in total. The Hall–Kier alpha value is -1.26. The second kappa shape index (κ2) is 4.78. The van der Waals surface area contributed by atoms with Gasteiger partial charge in [-0.15, -0.1) is 0 Å². The quantitative estimate of drug-likeness (QED) is 0.832. The molecule has 0 saturated carbocycles. The van der Waals surface area contributed by atoms with E-state index in [1.165, 1.54) is 0 Å². The second-order valence-electron chi connectivity index (χ2n) is 5.19. The molecule has 4 nitrogen and oxygen atoms in total. The number of epoxide rings is 1. The van der Waals surface area contributed by atoms with Gasteiger partial charge in [0.25, 0.3) is 0 Å². The van der Waals surface area contributed by atoms with Crippen LogP contribution in [0.15, 0.2) is 18.2 Å². The van der Waals surface area contributed by atoms with Gasteiger partial charge in [0.05, 0.1) is 17.3 Å². The van der Waals surface area contributed by atoms with Crippen LogP contribution in [0.3, 0.4) is 0 Å². The van der Waals surface area contributed by atoms with Crippen LogP contribution in [-0.2, 0) is 9.47 Å². The van der Waals surface area contributed by atoms with Crippen LogP contribution in [0, 0.1) is 0 Å². The van der Waals surface area contributed by atoms with Crippen LogP contribution in [0.25, 0.3) is 0 Å². The first-order chi connectivity index (χ1) is 8.35. The Balaban J connectivity index is 2.08. The summed E-state index contributed by atoms with van der Waals surface area (Å²) in [6, 6.07) is 5.44. The van der Waals surface area contributed by atoms with Crippen LogP contribution in [-0.4, -0.2) is 18.3 Å². The van der Waals surface area contributed by atoms with Gasteiger partial charge in [-0.25, -0.2) is 4.79 Å². The summed E-state index contributed by atoms with van der Waals surface area (Å²) in [4.78, 5) is 11.7. The lowest BCUT2D eigenvalue weighted by atomic mass is 10.1. The standard InChI is InChI=1S/C13H16ClNO3/c1-13(2,3)18-12(16)15-10-6-8(11-7-17-11)4-5-9(10)14/h4-6,11H,7H2,1-3H3,(H,15,16)/t11-/m0/s1. The van der Waals surface area contributed by atoms with E-state index in [1.54, 1.807) is 6.07 Å². The first-order valence-electron chi connectivity index (χ1n) is 5.76. The van der Waals surface area contributed by atoms with Gasteiger partial charge in [0, 0.05) is 0 Å². The van der Waals surface area contributed by atoms with Gasteiger partial charge in [-0.2, -0.15) is 0 Å². The summed E-state index contributed by atoms with van der Waals surface area (Å²) in [5.74, 6) is 0. The number of carbonyl (C=O) groups excluding carboxylic acids is 1. The summed E-state index contributed by atoms with van der Waals surface area (Å²) in [6.45, 7) is 6.14. The van der Waals surface area contributed by atoms with E-state index in [0.29, 0.717) is 17.3 Å². The maximum Gasteiger partial charge on any atom is 0.412 e. The molecule has 2 rings (SSSR count). The van der Waals surface area contributed by atoms with Crippen LogP contribution in [0.5, 0.6) is 0 Å². The van der Waals surface area contributed by atoms with Crippen LogP contribution >= 0.6 is 11.6 Å². The Kier molecular flexibility index (Phi) is 3.50. The number of hydrogen-bond donors (Lipinski definition) is 1. The molecule has 1 aromatic rings. The maximum atomic E-state index is 11.7. The Labute approximate surface area is 111 Å². The number of ether oxygens (including phenoxy) is 2. The molecule has 0 spiro atoms. The monoisotopic (exact) mass is 269 g/mol. The molecule has 0 aliphatic carbocycles. The normalized spacial score (nSPS) is 18.3. The molecule has 0 radical (unpaired) electrons. The van der Waals surface area contributed by atoms with E-state index in [1.807, 2.05) is 32.9 Å². The van der Waals surface area contributed by atoms with Crippen molar-refractivity contribution in [3.63, 3.8) is 0 Å². The minimum absolute atomic E-state index is 0.126. The number of nitrogens with one attached hydrogen (secondary N) is 1. The highest BCUT2D eigenvalue weighted by atomic mass is 35.5. The summed E-state index contributed by atoms with van der Waals surface area (Å²) in [6.07, 6.45) is -0.389. The molecule has 0 aromatic heterocycles. The van der Waals surface area contributed by atoms with Crippen molar-refractivity contribution in [2.24, 2.45) is 0 Å². The van der Waals surface area contributed by atoms with E-state index in [2.05, 4.69) is 5.32 Å². The fourth-order valence-electron chi connectivity index (χ4n) is 1.49. The van der Waals surface area contributed by atoms with E-state index in [9.17, 15) is 4.79 Å². The zero-order valence-corrected chi connectivity index (χ0v) is 11.4. The van der Waals surface area contributed by atoms with Crippen molar-refractivity contribution in [3.05, 3.63) is 28.8 Å². The lowest BCUT2D eigenvalue weighted by Gasteiger charge is -2.20. The lowest BCUT2D eigenvalue weighted by Crippen LogP contribution is -2.27. The number of benzene rings is 1. The van der Waals surface area contributed by atoms with E-state index >= 15 is 0 Å². The third kappa shape index (κ3) is 3.62. The molecule has 98 valence electrons. The molecular formula is C13H16ClNO3. The molecule has 1 heterocycles. The highest BCUT2D eigenvalue weighted by Crippen LogP contribution is 2.34. The van der Waals surface area contributed by atoms with Gasteiger partial charge >= 0.3 is 6.09 Å². The predicted octanol–water partition coefficient (Wildman–Crippen LogP) is 3.76. The van der Waals surface area contributed by atoms with Crippen molar-refractivity contribution < 1.29 is 14.3 Å². The van der Waals surface area contributed by atoms with Crippen molar-refractivity contribution in [2.75, 3.05) is 11.9 Å². The highest BCUT2D eigenvalue weighted by molar-refractivity contribution is 6.33. The maximum absolute atomic E-state index is 11.7. The van der Waals surface area contributed by atoms with E-state index < -0.39 is 11.7 Å². The summed E-state index contributed by atoms with van der Waals surface area (Å²) in [5, 5.41) is 3.12. The fraction of sp³-hybridized carbons (Fsp3) is 0.462. The molecule has 1 atom stereocenters. The number of rotatable bonds is 2. The van der Waals surface area contributed by atoms with E-state index in [-0.39, 0.29) is 6.10 Å². The van der Waals surface area contributed by atoms with Gasteiger partial charge in [-0.1, -0.05) is 17.7 Å². The van der Waals surface area contributed by atoms with Gasteiger partial charge in [-0.05, 0) is 38.5 Å². The third-order valence-electron chi connectivity index (χ3n) is 2.33. The number of carbonyl (C=O) groups is 1. The first-order valence-corrected chi connectivity index (χ1v) is 6.14. The summed E-state index contributed by atoms with van der Waals surface area (Å²) in [7, 11) is 0. The van der Waals surface area contributed by atoms with Gasteiger partial charge < -0.3 is 9.47 Å². The Morgan fingerprint density at radius 1 is 1.50 bits per heavy atom. The predicted molar refractivity (Wildman–Crippen MR) is 70.0 cm³/mol. The topological polar surface area (TPSA) is 50.9 Å². The van der Waals surface area contributed by atoms with Crippen molar-refractivity contribution in [3.8, 4) is 0 Å². The van der Waals surface area contributed by atoms with Gasteiger partial charge in [0.15, 0.2) is 0 Å². The average Bonchev–Trinajstić information content (AvgIpc) is 3.01. The number of amides is 1. The van der Waals surface area contributed by atoms with Gasteiger partial charge in [-0.3, -0.25) is 5.32 Å². The minimum atomic E-state index is -0.534. The van der Waals surface area contributed by atoms with Crippen LogP contribution < -0.4 is 5.32 Å². The number of hydrogen-bond acceptors (Lipinski definition) is 3. The molecule has 5 heteroatoms. The number of anilines is 1. The first kappa shape index (κ1) is 13.2. The zero-order chi connectivity index (χ0) is 13.3. The van der Waals surface area contributed by atoms with Gasteiger partial charge in [0.2, 0.25) is 0 Å². The molecule has 1 aliphatic heterocycles. The third-order valence-corrected chi connectivity index (χ3v) is 2.66. The van der Waals surface area contributed by atoms with Crippen molar-refractivity contribution in [1.29, 1.82) is 0 Å². The number of halogens is 1. The average molecular weight is 270 g/mol. The van der Waals surface area contributed by atoms with Crippen molar-refractivity contribution in [1.82, 2.24) is 0 Å². The molecule has 0 bridgehead atoms. The summed E-state index contributed by atoms with van der Waals surface area (Å²) >= 11 is 6.03. The largest absolute Gasteiger partial charge is 0.444 e. The van der Waals surface area contributed by atoms with Gasteiger partial charge in [0.1, 0.15) is 11.7 Å². The Morgan fingerprint density at radius 2 is 2.17 bits per heavy atom. The fourth-order valence-corrected chi connectivity index (χ4v) is 1.66. The van der Waals surface area contributed by atoms with Crippen LogP contribution in [0.4, 0.5) is 10.5 Å². The van der Waals surface area contributed by atoms with Crippen molar-refractivity contribution in [2.45, 2.75) is 32.5 Å². The molecular weight excluding hydrogens is 254 g/mol. The Morgan fingerprint density at radius 3 is 2.72 bits per heavy atom. The molecule has 1 saturated heterocycles. The SMILES string of the molecule is CC(C)(C)OC(=O)Nc1cc([C@@H]2CO2)ccc1Cl. The van der Waals surface area contributed by atoms with Crippen molar-refractivity contribution >= 4 is 23.4 Å². The minimum Gasteiger partial charge on any atom is -0.444 e. The summed E-state index contributed by atoms with van der Waals surface area (Å²) < 4.78 is 10.4. The molecule has 1 fully saturated rings. The Bertz CT molecular complexity index is 464. The lowest BCUT2D eigenvalue weighted by molar-refractivity contribution is 0.0636. The zero-order valence-electron chi connectivity index (χ0n) is 10.6. The highest BCUT2D eigenvalue weighted by Gasteiger charge is 2.25. The van der Waals surface area contributed by atoms with Crippen LogP contribution in [0.1, 0.15) is 32.4 Å². The van der Waals surface area contributed by atoms with E-state index in [0.717, 1.165) is 5.56 Å². The van der Waals surface area contributed by atoms with Crippen LogP contribution in [0.2, 0.25) is 5.02 Å². The molecule has 18 heavy (non-hydrogen) atoms.